The zero-order valence-electron chi connectivity index (χ0n) is 22.6. The molecule has 0 radical (unpaired) electrons. The highest BCUT2D eigenvalue weighted by Gasteiger charge is 2.49. The Labute approximate surface area is 251 Å². The van der Waals surface area contributed by atoms with Crippen LogP contribution in [0.4, 0.5) is 15.2 Å². The molecular formula is C29H21FN6O5S2. The maximum Gasteiger partial charge on any atom is 0.301 e. The molecule has 0 saturated carbocycles. The van der Waals surface area contributed by atoms with E-state index in [4.69, 9.17) is 0 Å². The number of nitro groups is 1. The summed E-state index contributed by atoms with van der Waals surface area (Å²) in [5, 5.41) is 31.2. The van der Waals surface area contributed by atoms with Crippen molar-refractivity contribution in [2.75, 3.05) is 4.90 Å². The second kappa shape index (κ2) is 11.0. The van der Waals surface area contributed by atoms with Gasteiger partial charge in [-0.25, -0.2) is 9.37 Å². The molecule has 2 aromatic carbocycles. The predicted molar refractivity (Wildman–Crippen MR) is 158 cm³/mol. The molecule has 1 aliphatic heterocycles. The maximum absolute atomic E-state index is 14.1. The Kier molecular flexibility index (Phi) is 7.23. The van der Waals surface area contributed by atoms with Crippen LogP contribution in [0, 0.1) is 29.8 Å². The Hall–Kier alpha value is -4.95. The van der Waals surface area contributed by atoms with Crippen molar-refractivity contribution in [2.45, 2.75) is 30.0 Å². The van der Waals surface area contributed by atoms with Crippen LogP contribution in [-0.4, -0.2) is 41.3 Å². The van der Waals surface area contributed by atoms with E-state index >= 15 is 0 Å². The molecule has 11 nitrogen and oxygen atoms in total. The number of halogens is 1. The number of rotatable bonds is 7. The van der Waals surface area contributed by atoms with Crippen LogP contribution >= 0.6 is 23.1 Å². The summed E-state index contributed by atoms with van der Waals surface area (Å²) in [6, 6.07) is 14.2. The van der Waals surface area contributed by atoms with Gasteiger partial charge in [0.2, 0.25) is 5.13 Å². The molecule has 1 atom stereocenters. The molecule has 43 heavy (non-hydrogen) atoms. The number of aryl methyl sites for hydroxylation is 2. The summed E-state index contributed by atoms with van der Waals surface area (Å²) >= 11 is 2.24. The van der Waals surface area contributed by atoms with E-state index in [-0.39, 0.29) is 33.7 Å². The molecule has 6 rings (SSSR count). The molecule has 1 unspecified atom stereocenters. The Balaban J connectivity index is 1.45. The fourth-order valence-corrected chi connectivity index (χ4v) is 6.76. The number of ketones is 1. The van der Waals surface area contributed by atoms with Crippen molar-refractivity contribution in [2.24, 2.45) is 0 Å². The van der Waals surface area contributed by atoms with Crippen LogP contribution in [0.5, 0.6) is 0 Å². The van der Waals surface area contributed by atoms with Gasteiger partial charge in [-0.3, -0.25) is 24.6 Å². The third-order valence-electron chi connectivity index (χ3n) is 7.08. The molecule has 1 N–H and O–H groups in total. The van der Waals surface area contributed by atoms with Crippen LogP contribution in [-0.2, 0) is 15.3 Å². The molecule has 0 spiro atoms. The number of hydrogen-bond acceptors (Lipinski definition) is 10. The number of thioether (sulfide) groups is 1. The fraction of sp³-hybridized carbons (Fsp3) is 0.138. The van der Waals surface area contributed by atoms with E-state index < -0.39 is 28.4 Å². The van der Waals surface area contributed by atoms with Crippen molar-refractivity contribution in [3.8, 4) is 0 Å². The highest BCUT2D eigenvalue weighted by Crippen LogP contribution is 2.44. The minimum Gasteiger partial charge on any atom is -0.505 e. The van der Waals surface area contributed by atoms with Gasteiger partial charge < -0.3 is 9.51 Å². The number of nitrogens with zero attached hydrogens (tertiary/aromatic N) is 6. The number of pyridine rings is 1. The van der Waals surface area contributed by atoms with Crippen molar-refractivity contribution in [1.82, 2.24) is 19.6 Å². The largest absolute Gasteiger partial charge is 0.505 e. The second-order valence-corrected chi connectivity index (χ2v) is 11.9. The first kappa shape index (κ1) is 28.2. The molecule has 4 heterocycles. The normalized spacial score (nSPS) is 16.3. The monoisotopic (exact) mass is 616 g/mol. The zero-order valence-corrected chi connectivity index (χ0v) is 24.2. The molecule has 0 bridgehead atoms. The van der Waals surface area contributed by atoms with Gasteiger partial charge >= 0.3 is 5.91 Å². The van der Waals surface area contributed by atoms with E-state index in [0.29, 0.717) is 26.8 Å². The van der Waals surface area contributed by atoms with Gasteiger partial charge in [-0.15, -0.1) is 10.2 Å². The summed E-state index contributed by atoms with van der Waals surface area (Å²) in [6.45, 7) is 3.59. The molecule has 14 heteroatoms. The minimum atomic E-state index is -1.18. The van der Waals surface area contributed by atoms with Gasteiger partial charge in [0.05, 0.1) is 22.2 Å². The highest BCUT2D eigenvalue weighted by atomic mass is 32.2. The number of aliphatic hydroxyl groups is 1. The lowest BCUT2D eigenvalue weighted by atomic mass is 9.96. The number of Topliss-reactive ketones (excluding diaryl/α,β-unsaturated/α-hetero) is 1. The van der Waals surface area contributed by atoms with Crippen LogP contribution in [0.25, 0.3) is 11.4 Å². The minimum absolute atomic E-state index is 0.0723. The summed E-state index contributed by atoms with van der Waals surface area (Å²) in [4.78, 5) is 43.5. The number of carbonyl (C=O) groups is 2. The van der Waals surface area contributed by atoms with Crippen LogP contribution in [0.15, 0.2) is 76.8 Å². The number of nitro benzene ring substituents is 1. The van der Waals surface area contributed by atoms with E-state index in [1.54, 1.807) is 35.7 Å². The summed E-state index contributed by atoms with van der Waals surface area (Å²) in [5.41, 5.74) is 2.46. The number of non-ortho nitro benzene ring substituents is 1. The highest BCUT2D eigenvalue weighted by molar-refractivity contribution is 8.00. The first-order chi connectivity index (χ1) is 20.7. The van der Waals surface area contributed by atoms with Crippen molar-refractivity contribution < 1.29 is 24.0 Å². The topological polar surface area (TPSA) is 144 Å². The summed E-state index contributed by atoms with van der Waals surface area (Å²) in [6.07, 6.45) is 1.77. The van der Waals surface area contributed by atoms with Gasteiger partial charge in [0.15, 0.2) is 10.1 Å². The number of benzene rings is 2. The number of hydrogen-bond donors (Lipinski definition) is 1. The molecule has 1 fully saturated rings. The van der Waals surface area contributed by atoms with E-state index in [9.17, 15) is 29.2 Å². The SMILES string of the molecule is Cc1cccn2c(C)c(C(O)=C3C(=O)C(=O)N(c4nnc(SCc5ccccc5F)s4)C3c3ccc([N+](=O)[O-])cc3)nc12. The second-order valence-electron chi connectivity index (χ2n) is 9.68. The van der Waals surface area contributed by atoms with E-state index in [2.05, 4.69) is 15.2 Å². The predicted octanol–water partition coefficient (Wildman–Crippen LogP) is 5.77. The van der Waals surface area contributed by atoms with Gasteiger partial charge in [-0.2, -0.15) is 0 Å². The lowest BCUT2D eigenvalue weighted by Gasteiger charge is -2.22. The van der Waals surface area contributed by atoms with Crippen LogP contribution in [0.3, 0.4) is 0 Å². The molecule has 1 amide bonds. The van der Waals surface area contributed by atoms with E-state index in [1.165, 1.54) is 42.1 Å². The standard InChI is InChI=1S/C29H21FN6O5S2/c1-15-6-5-13-34-16(2)22(31-26(15)34)24(37)21-23(17-9-11-19(12-10-17)36(40)41)35(27(39)25(21)38)28-32-33-29(43-28)42-14-18-7-3-4-8-20(18)30/h3-13,23,37H,14H2,1-2H3. The van der Waals surface area contributed by atoms with Gasteiger partial charge in [-0.05, 0) is 54.8 Å². The molecule has 3 aromatic heterocycles. The number of carbonyl (C=O) groups excluding carboxylic acids is 2. The van der Waals surface area contributed by atoms with Crippen LogP contribution in [0.1, 0.15) is 34.1 Å². The third-order valence-corrected chi connectivity index (χ3v) is 9.19. The van der Waals surface area contributed by atoms with Crippen molar-refractivity contribution in [1.29, 1.82) is 0 Å². The molecule has 1 saturated heterocycles. The number of fused-ring (bicyclic) bond motifs is 1. The molecule has 0 aliphatic carbocycles. The van der Waals surface area contributed by atoms with Crippen LogP contribution < -0.4 is 4.90 Å². The number of imidazole rings is 1. The average Bonchev–Trinajstić information content (AvgIpc) is 3.67. The maximum atomic E-state index is 14.1. The average molecular weight is 617 g/mol. The zero-order chi connectivity index (χ0) is 30.4. The van der Waals surface area contributed by atoms with Crippen molar-refractivity contribution in [3.63, 3.8) is 0 Å². The van der Waals surface area contributed by atoms with Crippen LogP contribution in [0.2, 0.25) is 0 Å². The fourth-order valence-electron chi connectivity index (χ4n) is 4.91. The van der Waals surface area contributed by atoms with Gasteiger partial charge in [0.1, 0.15) is 17.2 Å². The van der Waals surface area contributed by atoms with Gasteiger partial charge in [-0.1, -0.05) is 47.4 Å². The summed E-state index contributed by atoms with van der Waals surface area (Å²) < 4.78 is 16.3. The Morgan fingerprint density at radius 2 is 1.84 bits per heavy atom. The quantitative estimate of drug-likeness (QED) is 0.0458. The number of aliphatic hydroxyl groups excluding tert-OH is 1. The summed E-state index contributed by atoms with van der Waals surface area (Å²) in [7, 11) is 0. The summed E-state index contributed by atoms with van der Waals surface area (Å²) in [5.74, 6) is -2.50. The number of aromatic nitrogens is 4. The Morgan fingerprint density at radius 3 is 2.53 bits per heavy atom. The van der Waals surface area contributed by atoms with Gasteiger partial charge in [0, 0.05) is 24.1 Å². The van der Waals surface area contributed by atoms with Crippen molar-refractivity contribution in [3.05, 3.63) is 116 Å². The third kappa shape index (κ3) is 4.93. The van der Waals surface area contributed by atoms with E-state index in [0.717, 1.165) is 21.8 Å². The first-order valence-electron chi connectivity index (χ1n) is 12.9. The Morgan fingerprint density at radius 1 is 1.09 bits per heavy atom. The number of amides is 1. The lowest BCUT2D eigenvalue weighted by molar-refractivity contribution is -0.384. The van der Waals surface area contributed by atoms with Gasteiger partial charge in [0.25, 0.3) is 11.5 Å². The molecule has 216 valence electrons. The smallest absolute Gasteiger partial charge is 0.301 e. The Bertz CT molecular complexity index is 1970. The number of anilines is 1. The molecular weight excluding hydrogens is 595 g/mol. The van der Waals surface area contributed by atoms with E-state index in [1.807, 2.05) is 19.1 Å². The molecule has 1 aliphatic rings. The van der Waals surface area contributed by atoms with Crippen molar-refractivity contribution >= 4 is 57.0 Å². The lowest BCUT2D eigenvalue weighted by Crippen LogP contribution is -2.29. The molecule has 5 aromatic rings. The first-order valence-corrected chi connectivity index (χ1v) is 14.7.